The van der Waals surface area contributed by atoms with Crippen molar-refractivity contribution in [1.29, 1.82) is 5.26 Å². The minimum Gasteiger partial charge on any atom is -0.478 e. The van der Waals surface area contributed by atoms with Gasteiger partial charge in [-0.25, -0.2) is 27.4 Å². The zero-order valence-electron chi connectivity index (χ0n) is 24.4. The highest BCUT2D eigenvalue weighted by molar-refractivity contribution is 7.89. The summed E-state index contributed by atoms with van der Waals surface area (Å²) in [7, 11) is -3.98. The van der Waals surface area contributed by atoms with Crippen LogP contribution in [-0.4, -0.2) is 61.0 Å². The first-order chi connectivity index (χ1) is 20.8. The smallest absolute Gasteiger partial charge is 0.340 e. The molecule has 3 aromatic rings. The van der Waals surface area contributed by atoms with Gasteiger partial charge in [-0.05, 0) is 69.5 Å². The number of aryl methyl sites for hydroxylation is 2. The van der Waals surface area contributed by atoms with Crippen LogP contribution in [0.25, 0.3) is 0 Å². The van der Waals surface area contributed by atoms with Crippen LogP contribution in [0.15, 0.2) is 48.7 Å². The molecule has 2 N–H and O–H groups in total. The maximum Gasteiger partial charge on any atom is 0.340 e. The fraction of sp³-hybridized carbons (Fsp3) is 0.333. The van der Waals surface area contributed by atoms with Gasteiger partial charge in [0, 0.05) is 25.2 Å². The number of aromatic nitrogens is 2. The van der Waals surface area contributed by atoms with E-state index in [-0.39, 0.29) is 28.9 Å². The number of nitrogens with zero attached hydrogens (tertiary/aromatic N) is 4. The molecule has 1 aromatic carbocycles. The van der Waals surface area contributed by atoms with Gasteiger partial charge in [-0.1, -0.05) is 12.1 Å². The molecule has 2 aromatic heterocycles. The van der Waals surface area contributed by atoms with Crippen LogP contribution in [0.5, 0.6) is 0 Å². The number of hydrogen-bond acceptors (Lipinski definition) is 10. The largest absolute Gasteiger partial charge is 0.478 e. The highest BCUT2D eigenvalue weighted by Gasteiger charge is 2.30. The third-order valence-corrected chi connectivity index (χ3v) is 7.94. The number of rotatable bonds is 8. The first kappa shape index (κ1) is 33.6. The van der Waals surface area contributed by atoms with Crippen molar-refractivity contribution in [2.75, 3.05) is 24.6 Å². The van der Waals surface area contributed by atoms with E-state index in [0.29, 0.717) is 43.1 Å². The van der Waals surface area contributed by atoms with Crippen LogP contribution in [0.2, 0.25) is 0 Å². The number of carboxylic acids is 1. The van der Waals surface area contributed by atoms with Crippen molar-refractivity contribution in [1.82, 2.24) is 14.7 Å². The zero-order chi connectivity index (χ0) is 32.4. The molecular formula is C30H32FN5O7S. The maximum absolute atomic E-state index is 13.3. The molecule has 1 saturated heterocycles. The molecule has 0 saturated carbocycles. The van der Waals surface area contributed by atoms with E-state index in [1.807, 2.05) is 4.90 Å². The molecule has 4 rings (SSSR count). The van der Waals surface area contributed by atoms with Crippen LogP contribution in [0.3, 0.4) is 0 Å². The lowest BCUT2D eigenvalue weighted by Crippen LogP contribution is -2.43. The number of carbonyl (C=O) groups is 3. The number of sulfonamides is 1. The number of pyridine rings is 2. The molecule has 232 valence electrons. The van der Waals surface area contributed by atoms with Crippen molar-refractivity contribution >= 4 is 33.7 Å². The van der Waals surface area contributed by atoms with Gasteiger partial charge in [0.1, 0.15) is 17.7 Å². The van der Waals surface area contributed by atoms with Gasteiger partial charge in [0.2, 0.25) is 15.9 Å². The van der Waals surface area contributed by atoms with Crippen LogP contribution >= 0.6 is 0 Å². The van der Waals surface area contributed by atoms with Gasteiger partial charge in [0.15, 0.2) is 0 Å². The molecule has 14 heteroatoms. The van der Waals surface area contributed by atoms with Crippen LogP contribution < -0.4 is 9.62 Å². The third-order valence-electron chi connectivity index (χ3n) is 6.71. The van der Waals surface area contributed by atoms with Gasteiger partial charge in [-0.2, -0.15) is 5.26 Å². The summed E-state index contributed by atoms with van der Waals surface area (Å²) in [6, 6.07) is 11.8. The predicted octanol–water partition coefficient (Wildman–Crippen LogP) is 3.53. The number of benzene rings is 1. The number of aromatic carboxylic acids is 1. The number of anilines is 1. The highest BCUT2D eigenvalue weighted by Crippen LogP contribution is 2.27. The van der Waals surface area contributed by atoms with Crippen molar-refractivity contribution in [3.05, 3.63) is 88.1 Å². The number of piperidine rings is 1. The van der Waals surface area contributed by atoms with E-state index in [1.165, 1.54) is 30.3 Å². The summed E-state index contributed by atoms with van der Waals surface area (Å²) in [6.45, 7) is 5.97. The monoisotopic (exact) mass is 625 g/mol. The lowest BCUT2D eigenvalue weighted by molar-refractivity contribution is -0.123. The van der Waals surface area contributed by atoms with Crippen LogP contribution in [-0.2, 0) is 25.3 Å². The van der Waals surface area contributed by atoms with Crippen LogP contribution in [0.4, 0.5) is 10.2 Å². The average molecular weight is 626 g/mol. The molecule has 1 amide bonds. The number of hydrogen-bond donors (Lipinski definition) is 2. The Bertz CT molecular complexity index is 1680. The van der Waals surface area contributed by atoms with Crippen molar-refractivity contribution in [2.24, 2.45) is 5.92 Å². The Hall–Kier alpha value is -4.90. The molecular weight excluding hydrogens is 593 g/mol. The fourth-order valence-electron chi connectivity index (χ4n) is 4.51. The van der Waals surface area contributed by atoms with Gasteiger partial charge in [-0.3, -0.25) is 14.5 Å². The van der Waals surface area contributed by atoms with Crippen molar-refractivity contribution in [3.63, 3.8) is 0 Å². The first-order valence-electron chi connectivity index (χ1n) is 13.6. The SMILES string of the molecule is CCOC(=O)c1cc(C#N)c(N2CCC(C(=O)NS(=O)(=O)Cc3cccc(F)c3)CC2)nc1C.Cc1ncccc1C(=O)O. The number of amides is 1. The third kappa shape index (κ3) is 9.05. The number of carboxylic acid groups (broad SMARTS) is 1. The summed E-state index contributed by atoms with van der Waals surface area (Å²) >= 11 is 0. The molecule has 1 aliphatic rings. The summed E-state index contributed by atoms with van der Waals surface area (Å²) in [5.41, 5.74) is 1.93. The van der Waals surface area contributed by atoms with E-state index in [4.69, 9.17) is 9.84 Å². The number of ether oxygens (including phenoxy) is 1. The summed E-state index contributed by atoms with van der Waals surface area (Å²) < 4.78 is 45.1. The molecule has 1 fully saturated rings. The first-order valence-corrected chi connectivity index (χ1v) is 15.3. The number of halogens is 1. The molecule has 12 nitrogen and oxygen atoms in total. The molecule has 0 unspecified atom stereocenters. The predicted molar refractivity (Wildman–Crippen MR) is 158 cm³/mol. The molecule has 0 radical (unpaired) electrons. The Morgan fingerprint density at radius 3 is 2.39 bits per heavy atom. The van der Waals surface area contributed by atoms with Crippen LogP contribution in [0, 0.1) is 36.9 Å². The van der Waals surface area contributed by atoms with Gasteiger partial charge >= 0.3 is 11.9 Å². The van der Waals surface area contributed by atoms with Gasteiger partial charge in [0.25, 0.3) is 0 Å². The number of carbonyl (C=O) groups excluding carboxylic acids is 2. The second-order valence-corrected chi connectivity index (χ2v) is 11.6. The van der Waals surface area contributed by atoms with E-state index in [1.54, 1.807) is 33.0 Å². The Balaban J connectivity index is 0.000000448. The van der Waals surface area contributed by atoms with Gasteiger partial charge in [0.05, 0.1) is 40.4 Å². The summed E-state index contributed by atoms with van der Waals surface area (Å²) in [5.74, 6) is -3.28. The molecule has 0 atom stereocenters. The zero-order valence-corrected chi connectivity index (χ0v) is 25.2. The summed E-state index contributed by atoms with van der Waals surface area (Å²) in [6.07, 6.45) is 2.28. The number of nitrogens with one attached hydrogen (secondary N) is 1. The lowest BCUT2D eigenvalue weighted by Gasteiger charge is -2.32. The van der Waals surface area contributed by atoms with E-state index < -0.39 is 45.4 Å². The second-order valence-electron chi connectivity index (χ2n) is 9.88. The van der Waals surface area contributed by atoms with E-state index in [0.717, 1.165) is 6.07 Å². The van der Waals surface area contributed by atoms with E-state index in [2.05, 4.69) is 20.8 Å². The lowest BCUT2D eigenvalue weighted by atomic mass is 9.96. The molecule has 44 heavy (non-hydrogen) atoms. The Kier molecular flexibility index (Phi) is 11.5. The minimum absolute atomic E-state index is 0.204. The quantitative estimate of drug-likeness (QED) is 0.350. The van der Waals surface area contributed by atoms with Gasteiger partial charge in [-0.15, -0.1) is 0 Å². The Labute approximate surface area is 254 Å². The number of esters is 1. The minimum atomic E-state index is -3.98. The normalized spacial score (nSPS) is 13.2. The fourth-order valence-corrected chi connectivity index (χ4v) is 5.68. The van der Waals surface area contributed by atoms with Crippen LogP contribution in [0.1, 0.15) is 63.0 Å². The van der Waals surface area contributed by atoms with Crippen molar-refractivity contribution < 1.29 is 37.0 Å². The molecule has 0 spiro atoms. The maximum atomic E-state index is 13.3. The highest BCUT2D eigenvalue weighted by atomic mass is 32.2. The Morgan fingerprint density at radius 2 is 1.82 bits per heavy atom. The number of nitriles is 1. The van der Waals surface area contributed by atoms with E-state index >= 15 is 0 Å². The van der Waals surface area contributed by atoms with E-state index in [9.17, 15) is 32.5 Å². The average Bonchev–Trinajstić information content (AvgIpc) is 2.97. The molecule has 1 aliphatic heterocycles. The summed E-state index contributed by atoms with van der Waals surface area (Å²) in [4.78, 5) is 45.1. The van der Waals surface area contributed by atoms with Crippen molar-refractivity contribution in [2.45, 2.75) is 39.4 Å². The summed E-state index contributed by atoms with van der Waals surface area (Å²) in [5, 5.41) is 18.1. The Morgan fingerprint density at radius 1 is 1.11 bits per heavy atom. The molecule has 0 bridgehead atoms. The topological polar surface area (TPSA) is 180 Å². The standard InChI is InChI=1S/C23H25FN4O5S.C7H7NO2/c1-3-33-23(30)20-12-18(13-25)21(26-15(20)2)28-9-7-17(8-10-28)22(29)27-34(31,32)14-16-5-4-6-19(24)11-16;1-5-6(7(9)10)3-2-4-8-5/h4-6,11-12,17H,3,7-10,14H2,1-2H3,(H,27,29);2-4H,1H3,(H,9,10). The van der Waals surface area contributed by atoms with Crippen molar-refractivity contribution in [3.8, 4) is 6.07 Å². The second kappa shape index (κ2) is 15.0. The molecule has 3 heterocycles. The molecule has 0 aliphatic carbocycles. The van der Waals surface area contributed by atoms with Gasteiger partial charge < -0.3 is 14.7 Å².